The molecule has 1 aromatic heterocycles. The maximum absolute atomic E-state index is 13.0. The highest BCUT2D eigenvalue weighted by Gasteiger charge is 2.31. The Labute approximate surface area is 211 Å². The van der Waals surface area contributed by atoms with E-state index in [1.54, 1.807) is 6.07 Å². The number of carbonyl (C=O) groups is 2. The van der Waals surface area contributed by atoms with Crippen LogP contribution in [0.3, 0.4) is 0 Å². The fourth-order valence-electron chi connectivity index (χ4n) is 4.29. The minimum absolute atomic E-state index is 0.0362. The number of nitrogens with zero attached hydrogens (tertiary/aromatic N) is 3. The maximum Gasteiger partial charge on any atom is 0.416 e. The van der Waals surface area contributed by atoms with E-state index >= 15 is 0 Å². The van der Waals surface area contributed by atoms with E-state index in [-0.39, 0.29) is 30.4 Å². The van der Waals surface area contributed by atoms with Crippen LogP contribution in [0.1, 0.15) is 37.7 Å². The molecule has 1 N–H and O–H groups in total. The molecule has 9 heteroatoms. The van der Waals surface area contributed by atoms with Crippen LogP contribution in [0.5, 0.6) is 0 Å². The molecule has 0 aliphatic carbocycles. The zero-order valence-electron chi connectivity index (χ0n) is 19.7. The van der Waals surface area contributed by atoms with Gasteiger partial charge in [-0.1, -0.05) is 66.7 Å². The van der Waals surface area contributed by atoms with Crippen LogP contribution in [0.2, 0.25) is 0 Å². The lowest BCUT2D eigenvalue weighted by atomic mass is 10.0. The minimum Gasteiger partial charge on any atom is -0.347 e. The molecule has 0 atom stereocenters. The van der Waals surface area contributed by atoms with Crippen molar-refractivity contribution in [1.29, 1.82) is 0 Å². The van der Waals surface area contributed by atoms with Gasteiger partial charge in [0.1, 0.15) is 5.69 Å². The number of nitrogens with one attached hydrogen (secondary N) is 1. The summed E-state index contributed by atoms with van der Waals surface area (Å²) in [6.07, 6.45) is -4.45. The summed E-state index contributed by atoms with van der Waals surface area (Å²) in [6.45, 7) is 0.951. The van der Waals surface area contributed by atoms with E-state index in [2.05, 4.69) is 10.4 Å². The van der Waals surface area contributed by atoms with Crippen LogP contribution in [0.25, 0.3) is 11.1 Å². The summed E-state index contributed by atoms with van der Waals surface area (Å²) in [5, 5.41) is 7.09. The predicted molar refractivity (Wildman–Crippen MR) is 131 cm³/mol. The lowest BCUT2D eigenvalue weighted by Crippen LogP contribution is -2.39. The summed E-state index contributed by atoms with van der Waals surface area (Å²) >= 11 is 0. The fraction of sp³-hybridized carbons (Fsp3) is 0.179. The van der Waals surface area contributed by atoms with Gasteiger partial charge in [0, 0.05) is 25.7 Å². The molecule has 0 spiro atoms. The zero-order chi connectivity index (χ0) is 26.0. The average Bonchev–Trinajstić information content (AvgIpc) is 3.35. The van der Waals surface area contributed by atoms with Gasteiger partial charge in [-0.2, -0.15) is 18.3 Å². The normalized spacial score (nSPS) is 13.4. The second kappa shape index (κ2) is 9.93. The predicted octanol–water partition coefficient (Wildman–Crippen LogP) is 5.15. The highest BCUT2D eigenvalue weighted by Crippen LogP contribution is 2.30. The van der Waals surface area contributed by atoms with Crippen molar-refractivity contribution in [2.45, 2.75) is 25.8 Å². The van der Waals surface area contributed by atoms with E-state index < -0.39 is 17.6 Å². The lowest BCUT2D eigenvalue weighted by Gasteiger charge is -2.27. The average molecular weight is 505 g/mol. The van der Waals surface area contributed by atoms with Crippen LogP contribution in [0, 0.1) is 0 Å². The third kappa shape index (κ3) is 5.40. The molecule has 0 bridgehead atoms. The SMILES string of the molecule is O=C(NCc1ccc(-c2ccccc2)cc1)c1cc2n(n1)CCN(Cc1cccc(C(F)(F)F)c1)C2=O. The Balaban J connectivity index is 1.22. The number of fused-ring (bicyclic) bond motifs is 1. The number of aromatic nitrogens is 2. The van der Waals surface area contributed by atoms with Gasteiger partial charge in [0.05, 0.1) is 12.1 Å². The Morgan fingerprint density at radius 2 is 1.59 bits per heavy atom. The molecular formula is C28H23F3N4O2. The molecule has 2 heterocycles. The summed E-state index contributed by atoms with van der Waals surface area (Å²) in [5.41, 5.74) is 3.07. The lowest BCUT2D eigenvalue weighted by molar-refractivity contribution is -0.137. The quantitative estimate of drug-likeness (QED) is 0.395. The number of hydrogen-bond donors (Lipinski definition) is 1. The van der Waals surface area contributed by atoms with Crippen molar-refractivity contribution in [3.63, 3.8) is 0 Å². The van der Waals surface area contributed by atoms with Crippen molar-refractivity contribution in [3.8, 4) is 11.1 Å². The largest absolute Gasteiger partial charge is 0.416 e. The number of rotatable bonds is 6. The summed E-state index contributed by atoms with van der Waals surface area (Å²) in [6, 6.07) is 24.2. The summed E-state index contributed by atoms with van der Waals surface area (Å²) in [5.74, 6) is -0.794. The van der Waals surface area contributed by atoms with E-state index in [9.17, 15) is 22.8 Å². The van der Waals surface area contributed by atoms with Crippen LogP contribution < -0.4 is 5.32 Å². The molecule has 0 saturated carbocycles. The molecule has 0 saturated heterocycles. The molecule has 37 heavy (non-hydrogen) atoms. The highest BCUT2D eigenvalue weighted by atomic mass is 19.4. The van der Waals surface area contributed by atoms with E-state index in [1.807, 2.05) is 54.6 Å². The van der Waals surface area contributed by atoms with Crippen molar-refractivity contribution in [2.75, 3.05) is 6.54 Å². The Hall–Kier alpha value is -4.40. The number of halogens is 3. The van der Waals surface area contributed by atoms with Gasteiger partial charge in [0.15, 0.2) is 5.69 Å². The zero-order valence-corrected chi connectivity index (χ0v) is 19.7. The smallest absolute Gasteiger partial charge is 0.347 e. The highest BCUT2D eigenvalue weighted by molar-refractivity contribution is 5.98. The van der Waals surface area contributed by atoms with Crippen molar-refractivity contribution < 1.29 is 22.8 Å². The van der Waals surface area contributed by atoms with Crippen LogP contribution >= 0.6 is 0 Å². The third-order valence-electron chi connectivity index (χ3n) is 6.24. The first-order valence-electron chi connectivity index (χ1n) is 11.7. The number of amides is 2. The van der Waals surface area contributed by atoms with Crippen LogP contribution in [-0.2, 0) is 25.8 Å². The van der Waals surface area contributed by atoms with Gasteiger partial charge < -0.3 is 10.2 Å². The summed E-state index contributed by atoms with van der Waals surface area (Å²) in [4.78, 5) is 27.2. The van der Waals surface area contributed by atoms with Crippen LogP contribution in [0.4, 0.5) is 13.2 Å². The fourth-order valence-corrected chi connectivity index (χ4v) is 4.29. The van der Waals surface area contributed by atoms with Crippen molar-refractivity contribution in [1.82, 2.24) is 20.0 Å². The number of hydrogen-bond acceptors (Lipinski definition) is 3. The van der Waals surface area contributed by atoms with Crippen molar-refractivity contribution in [2.24, 2.45) is 0 Å². The van der Waals surface area contributed by atoms with Crippen LogP contribution in [-0.4, -0.2) is 33.0 Å². The summed E-state index contributed by atoms with van der Waals surface area (Å²) in [7, 11) is 0. The molecule has 4 aromatic rings. The van der Waals surface area contributed by atoms with Crippen molar-refractivity contribution in [3.05, 3.63) is 113 Å². The van der Waals surface area contributed by atoms with Gasteiger partial charge in [-0.15, -0.1) is 0 Å². The van der Waals surface area contributed by atoms with E-state index in [0.29, 0.717) is 18.7 Å². The Bertz CT molecular complexity index is 1430. The Morgan fingerprint density at radius 1 is 0.865 bits per heavy atom. The molecule has 2 amide bonds. The van der Waals surface area contributed by atoms with E-state index in [1.165, 1.54) is 21.7 Å². The van der Waals surface area contributed by atoms with E-state index in [0.717, 1.165) is 28.8 Å². The molecule has 5 rings (SSSR count). The molecule has 188 valence electrons. The first kappa shape index (κ1) is 24.3. The molecular weight excluding hydrogens is 481 g/mol. The van der Waals surface area contributed by atoms with Gasteiger partial charge >= 0.3 is 6.18 Å². The van der Waals surface area contributed by atoms with Gasteiger partial charge in [-0.25, -0.2) is 0 Å². The number of alkyl halides is 3. The first-order valence-corrected chi connectivity index (χ1v) is 11.7. The van der Waals surface area contributed by atoms with Gasteiger partial charge in [0.2, 0.25) is 0 Å². The van der Waals surface area contributed by atoms with Gasteiger partial charge in [0.25, 0.3) is 11.8 Å². The summed E-state index contributed by atoms with van der Waals surface area (Å²) < 4.78 is 40.6. The molecule has 0 radical (unpaired) electrons. The first-order chi connectivity index (χ1) is 17.8. The van der Waals surface area contributed by atoms with Gasteiger partial charge in [-0.3, -0.25) is 14.3 Å². The van der Waals surface area contributed by atoms with Crippen molar-refractivity contribution >= 4 is 11.8 Å². The number of carbonyl (C=O) groups excluding carboxylic acids is 2. The molecule has 1 aliphatic heterocycles. The van der Waals surface area contributed by atoms with Crippen LogP contribution in [0.15, 0.2) is 84.9 Å². The molecule has 0 fully saturated rings. The molecule has 1 aliphatic rings. The Morgan fingerprint density at radius 3 is 2.32 bits per heavy atom. The molecule has 3 aromatic carbocycles. The standard InChI is InChI=1S/C28H23F3N4O2/c29-28(30,31)23-8-4-5-20(15-23)18-34-13-14-35-25(27(34)37)16-24(33-35)26(36)32-17-19-9-11-22(12-10-19)21-6-2-1-3-7-21/h1-12,15-16H,13-14,17-18H2,(H,32,36). The topological polar surface area (TPSA) is 67.2 Å². The second-order valence-corrected chi connectivity index (χ2v) is 8.81. The number of benzene rings is 3. The minimum atomic E-state index is -4.45. The van der Waals surface area contributed by atoms with E-state index in [4.69, 9.17) is 0 Å². The second-order valence-electron chi connectivity index (χ2n) is 8.81. The maximum atomic E-state index is 13.0. The van der Waals surface area contributed by atoms with Gasteiger partial charge in [-0.05, 0) is 34.4 Å². The Kier molecular flexibility index (Phi) is 6.52. The molecule has 6 nitrogen and oxygen atoms in total. The third-order valence-corrected chi connectivity index (χ3v) is 6.24. The monoisotopic (exact) mass is 504 g/mol. The molecule has 0 unspecified atom stereocenters.